The fourth-order valence-electron chi connectivity index (χ4n) is 3.87. The summed E-state index contributed by atoms with van der Waals surface area (Å²) in [4.78, 5) is 11.8. The lowest BCUT2D eigenvalue weighted by molar-refractivity contribution is -0.143. The molecule has 0 saturated carbocycles. The van der Waals surface area contributed by atoms with E-state index in [-0.39, 0.29) is 5.97 Å². The van der Waals surface area contributed by atoms with E-state index in [4.69, 9.17) is 4.74 Å². The standard InChI is InChI=1S/C30H56O2/c1-3-5-7-9-11-13-15-17-18-20-22-24-26-28-30(31)32-29-27-25-23-21-19-16-14-12-10-8-6-4-2/h10,12-13,15H,3-9,11,14,16-29H2,1-2H3/b12-10-,15-13-. The first kappa shape index (κ1) is 30.9. The van der Waals surface area contributed by atoms with Crippen LogP contribution in [-0.4, -0.2) is 12.6 Å². The number of carbonyl (C=O) groups excluding carboxylic acids is 1. The van der Waals surface area contributed by atoms with E-state index in [9.17, 15) is 4.79 Å². The summed E-state index contributed by atoms with van der Waals surface area (Å²) in [5, 5.41) is 0. The van der Waals surface area contributed by atoms with E-state index in [1.54, 1.807) is 0 Å². The van der Waals surface area contributed by atoms with Crippen molar-refractivity contribution in [2.75, 3.05) is 6.61 Å². The normalized spacial score (nSPS) is 11.7. The summed E-state index contributed by atoms with van der Waals surface area (Å²) in [6.45, 7) is 5.12. The highest BCUT2D eigenvalue weighted by atomic mass is 16.5. The summed E-state index contributed by atoms with van der Waals surface area (Å²) in [5.41, 5.74) is 0. The average Bonchev–Trinajstić information content (AvgIpc) is 2.80. The van der Waals surface area contributed by atoms with Gasteiger partial charge in [0.15, 0.2) is 0 Å². The van der Waals surface area contributed by atoms with Crippen LogP contribution in [0.1, 0.15) is 155 Å². The third-order valence-electron chi connectivity index (χ3n) is 6.06. The van der Waals surface area contributed by atoms with Gasteiger partial charge in [-0.25, -0.2) is 0 Å². The number of esters is 1. The van der Waals surface area contributed by atoms with Crippen molar-refractivity contribution in [3.63, 3.8) is 0 Å². The fourth-order valence-corrected chi connectivity index (χ4v) is 3.87. The maximum Gasteiger partial charge on any atom is 0.305 e. The van der Waals surface area contributed by atoms with Gasteiger partial charge in [-0.3, -0.25) is 4.79 Å². The summed E-state index contributed by atoms with van der Waals surface area (Å²) >= 11 is 0. The van der Waals surface area contributed by atoms with Crippen molar-refractivity contribution in [3.8, 4) is 0 Å². The molecule has 0 aliphatic carbocycles. The Morgan fingerprint density at radius 1 is 0.500 bits per heavy atom. The van der Waals surface area contributed by atoms with Crippen LogP contribution in [-0.2, 0) is 9.53 Å². The topological polar surface area (TPSA) is 26.3 Å². The fraction of sp³-hybridized carbons (Fsp3) is 0.833. The van der Waals surface area contributed by atoms with Gasteiger partial charge >= 0.3 is 5.97 Å². The Balaban J connectivity index is 3.22. The molecule has 0 atom stereocenters. The van der Waals surface area contributed by atoms with Crippen LogP contribution in [0.15, 0.2) is 24.3 Å². The predicted molar refractivity (Wildman–Crippen MR) is 142 cm³/mol. The molecule has 0 aromatic carbocycles. The molecule has 0 aliphatic heterocycles. The van der Waals surface area contributed by atoms with E-state index in [0.29, 0.717) is 13.0 Å². The maximum absolute atomic E-state index is 11.8. The van der Waals surface area contributed by atoms with Gasteiger partial charge in [0.25, 0.3) is 0 Å². The second-order valence-corrected chi connectivity index (χ2v) is 9.37. The number of hydrogen-bond donors (Lipinski definition) is 0. The molecule has 0 saturated heterocycles. The molecule has 0 aromatic rings. The lowest BCUT2D eigenvalue weighted by Crippen LogP contribution is -2.05. The molecule has 0 rings (SSSR count). The summed E-state index contributed by atoms with van der Waals surface area (Å²) in [7, 11) is 0. The van der Waals surface area contributed by atoms with E-state index >= 15 is 0 Å². The molecule has 0 bridgehead atoms. The molecule has 0 amide bonds. The zero-order valence-corrected chi connectivity index (χ0v) is 21.9. The second kappa shape index (κ2) is 28.0. The Hall–Kier alpha value is -1.05. The van der Waals surface area contributed by atoms with Gasteiger partial charge in [-0.15, -0.1) is 0 Å². The van der Waals surface area contributed by atoms with Crippen molar-refractivity contribution in [3.05, 3.63) is 24.3 Å². The molecule has 0 spiro atoms. The van der Waals surface area contributed by atoms with Gasteiger partial charge in [-0.1, -0.05) is 115 Å². The van der Waals surface area contributed by atoms with E-state index in [0.717, 1.165) is 19.3 Å². The van der Waals surface area contributed by atoms with Crippen LogP contribution in [0.25, 0.3) is 0 Å². The van der Waals surface area contributed by atoms with Crippen molar-refractivity contribution in [1.82, 2.24) is 0 Å². The molecule has 0 unspecified atom stereocenters. The minimum atomic E-state index is 0.00543. The third kappa shape index (κ3) is 27.0. The Kier molecular flexibility index (Phi) is 27.1. The number of allylic oxidation sites excluding steroid dienone is 4. The Labute approximate surface area is 201 Å². The molecular formula is C30H56O2. The van der Waals surface area contributed by atoms with Crippen LogP contribution in [0.5, 0.6) is 0 Å². The Morgan fingerprint density at radius 2 is 0.906 bits per heavy atom. The molecule has 0 aromatic heterocycles. The lowest BCUT2D eigenvalue weighted by Gasteiger charge is -2.05. The number of ether oxygens (including phenoxy) is 1. The van der Waals surface area contributed by atoms with Crippen molar-refractivity contribution < 1.29 is 9.53 Å². The molecule has 0 heterocycles. The molecular weight excluding hydrogens is 392 g/mol. The first-order valence-corrected chi connectivity index (χ1v) is 14.3. The van der Waals surface area contributed by atoms with Crippen LogP contribution < -0.4 is 0 Å². The van der Waals surface area contributed by atoms with E-state index in [2.05, 4.69) is 38.2 Å². The second-order valence-electron chi connectivity index (χ2n) is 9.37. The van der Waals surface area contributed by atoms with Gasteiger partial charge < -0.3 is 4.74 Å². The van der Waals surface area contributed by atoms with Gasteiger partial charge in [0.1, 0.15) is 0 Å². The molecule has 2 nitrogen and oxygen atoms in total. The van der Waals surface area contributed by atoms with E-state index < -0.39 is 0 Å². The number of carbonyl (C=O) groups is 1. The van der Waals surface area contributed by atoms with Crippen molar-refractivity contribution in [2.24, 2.45) is 0 Å². The molecule has 32 heavy (non-hydrogen) atoms. The molecule has 0 radical (unpaired) electrons. The SMILES string of the molecule is CCCC/C=C\CCCCCCCCOC(=O)CCCCCCC/C=C\CCCCCC. The zero-order valence-electron chi connectivity index (χ0n) is 21.9. The van der Waals surface area contributed by atoms with Crippen LogP contribution >= 0.6 is 0 Å². The van der Waals surface area contributed by atoms with Crippen LogP contribution in [0.3, 0.4) is 0 Å². The van der Waals surface area contributed by atoms with Gasteiger partial charge in [0.2, 0.25) is 0 Å². The maximum atomic E-state index is 11.8. The molecule has 0 fully saturated rings. The monoisotopic (exact) mass is 448 g/mol. The van der Waals surface area contributed by atoms with Gasteiger partial charge in [-0.05, 0) is 57.8 Å². The highest BCUT2D eigenvalue weighted by molar-refractivity contribution is 5.69. The first-order valence-electron chi connectivity index (χ1n) is 14.3. The summed E-state index contributed by atoms with van der Waals surface area (Å²) in [6.07, 6.45) is 36.3. The molecule has 0 aliphatic rings. The Morgan fingerprint density at radius 3 is 1.44 bits per heavy atom. The summed E-state index contributed by atoms with van der Waals surface area (Å²) < 4.78 is 5.38. The summed E-state index contributed by atoms with van der Waals surface area (Å²) in [5.74, 6) is 0.00543. The van der Waals surface area contributed by atoms with Gasteiger partial charge in [-0.2, -0.15) is 0 Å². The highest BCUT2D eigenvalue weighted by Gasteiger charge is 2.02. The van der Waals surface area contributed by atoms with Crippen LogP contribution in [0.2, 0.25) is 0 Å². The van der Waals surface area contributed by atoms with Crippen molar-refractivity contribution >= 4 is 5.97 Å². The smallest absolute Gasteiger partial charge is 0.305 e. The molecule has 188 valence electrons. The number of rotatable bonds is 25. The van der Waals surface area contributed by atoms with Gasteiger partial charge in [0, 0.05) is 6.42 Å². The predicted octanol–water partition coefficient (Wildman–Crippen LogP) is 10.3. The molecule has 0 N–H and O–H groups in total. The third-order valence-corrected chi connectivity index (χ3v) is 6.06. The molecule has 2 heteroatoms. The van der Waals surface area contributed by atoms with E-state index in [1.807, 2.05) is 0 Å². The highest BCUT2D eigenvalue weighted by Crippen LogP contribution is 2.11. The number of hydrogen-bond acceptors (Lipinski definition) is 2. The zero-order chi connectivity index (χ0) is 23.4. The van der Waals surface area contributed by atoms with Crippen molar-refractivity contribution in [1.29, 1.82) is 0 Å². The summed E-state index contributed by atoms with van der Waals surface area (Å²) in [6, 6.07) is 0. The Bertz CT molecular complexity index is 425. The lowest BCUT2D eigenvalue weighted by atomic mass is 10.1. The van der Waals surface area contributed by atoms with Crippen LogP contribution in [0.4, 0.5) is 0 Å². The first-order chi connectivity index (χ1) is 15.8. The average molecular weight is 449 g/mol. The number of unbranched alkanes of at least 4 members (excludes halogenated alkanes) is 17. The minimum absolute atomic E-state index is 0.00543. The largest absolute Gasteiger partial charge is 0.466 e. The van der Waals surface area contributed by atoms with Gasteiger partial charge in [0.05, 0.1) is 6.61 Å². The quantitative estimate of drug-likeness (QED) is 0.0788. The van der Waals surface area contributed by atoms with Crippen LogP contribution in [0, 0.1) is 0 Å². The van der Waals surface area contributed by atoms with E-state index in [1.165, 1.54) is 116 Å². The minimum Gasteiger partial charge on any atom is -0.466 e. The van der Waals surface area contributed by atoms with Crippen molar-refractivity contribution in [2.45, 2.75) is 155 Å².